The number of rotatable bonds is 4. The number of anilines is 2. The fourth-order valence-electron chi connectivity index (χ4n) is 3.90. The first-order valence-corrected chi connectivity index (χ1v) is 9.22. The fourth-order valence-corrected chi connectivity index (χ4v) is 3.90. The number of nitrogens with zero attached hydrogens (tertiary/aromatic N) is 2. The Kier molecular flexibility index (Phi) is 4.61. The summed E-state index contributed by atoms with van der Waals surface area (Å²) in [5, 5.41) is 2.97. The van der Waals surface area contributed by atoms with E-state index in [-0.39, 0.29) is 17.9 Å². The Labute approximate surface area is 153 Å². The Morgan fingerprint density at radius 1 is 1.08 bits per heavy atom. The van der Waals surface area contributed by atoms with E-state index < -0.39 is 0 Å². The van der Waals surface area contributed by atoms with E-state index in [1.165, 1.54) is 5.56 Å². The highest BCUT2D eigenvalue weighted by Crippen LogP contribution is 2.38. The van der Waals surface area contributed by atoms with Crippen molar-refractivity contribution < 1.29 is 9.59 Å². The van der Waals surface area contributed by atoms with E-state index in [9.17, 15) is 9.59 Å². The highest BCUT2D eigenvalue weighted by molar-refractivity contribution is 6.03. The van der Waals surface area contributed by atoms with Crippen molar-refractivity contribution in [2.24, 2.45) is 0 Å². The second-order valence-corrected chi connectivity index (χ2v) is 6.94. The van der Waals surface area contributed by atoms with Gasteiger partial charge in [-0.25, -0.2) is 4.79 Å². The topological polar surface area (TPSA) is 52.7 Å². The number of amides is 3. The molecule has 1 unspecified atom stereocenters. The first-order chi connectivity index (χ1) is 12.7. The molecule has 4 rings (SSSR count). The SMILES string of the molecule is O=C1CCCN1CCC1CN(C(=O)Nc2ccccc2)c2ccccc21. The minimum absolute atomic E-state index is 0.108. The Morgan fingerprint density at radius 2 is 1.85 bits per heavy atom. The van der Waals surface area contributed by atoms with Crippen LogP contribution >= 0.6 is 0 Å². The maximum absolute atomic E-state index is 12.8. The Balaban J connectivity index is 1.47. The average molecular weight is 349 g/mol. The third-order valence-electron chi connectivity index (χ3n) is 5.26. The molecule has 0 spiro atoms. The maximum Gasteiger partial charge on any atom is 0.326 e. The Bertz CT molecular complexity index is 806. The van der Waals surface area contributed by atoms with E-state index in [4.69, 9.17) is 0 Å². The van der Waals surface area contributed by atoms with E-state index in [1.807, 2.05) is 58.3 Å². The van der Waals surface area contributed by atoms with Crippen LogP contribution in [0.2, 0.25) is 0 Å². The molecule has 26 heavy (non-hydrogen) atoms. The first kappa shape index (κ1) is 16.6. The number of likely N-dealkylation sites (tertiary alicyclic amines) is 1. The van der Waals surface area contributed by atoms with Crippen LogP contribution in [0.15, 0.2) is 54.6 Å². The molecule has 5 heteroatoms. The largest absolute Gasteiger partial charge is 0.343 e. The van der Waals surface area contributed by atoms with Gasteiger partial charge in [0.15, 0.2) is 0 Å². The third kappa shape index (κ3) is 3.29. The van der Waals surface area contributed by atoms with Crippen molar-refractivity contribution in [1.82, 2.24) is 4.90 Å². The van der Waals surface area contributed by atoms with Gasteiger partial charge in [-0.15, -0.1) is 0 Å². The van der Waals surface area contributed by atoms with Crippen molar-refractivity contribution in [2.45, 2.75) is 25.2 Å². The molecule has 0 aromatic heterocycles. The minimum Gasteiger partial charge on any atom is -0.343 e. The number of carbonyl (C=O) groups excluding carboxylic acids is 2. The summed E-state index contributed by atoms with van der Waals surface area (Å²) in [6, 6.07) is 17.5. The predicted molar refractivity (Wildman–Crippen MR) is 102 cm³/mol. The summed E-state index contributed by atoms with van der Waals surface area (Å²) in [6.07, 6.45) is 2.52. The summed E-state index contributed by atoms with van der Waals surface area (Å²) in [5.74, 6) is 0.524. The van der Waals surface area contributed by atoms with Crippen molar-refractivity contribution in [1.29, 1.82) is 0 Å². The lowest BCUT2D eigenvalue weighted by atomic mass is 9.98. The molecule has 134 valence electrons. The molecule has 1 atom stereocenters. The standard InChI is InChI=1S/C21H23N3O2/c25-20-11-6-13-23(20)14-12-16-15-24(19-10-5-4-9-18(16)19)21(26)22-17-7-2-1-3-8-17/h1-5,7-10,16H,6,11-15H2,(H,22,26). The van der Waals surface area contributed by atoms with Crippen molar-refractivity contribution >= 4 is 23.3 Å². The lowest BCUT2D eigenvalue weighted by molar-refractivity contribution is -0.127. The lowest BCUT2D eigenvalue weighted by Gasteiger charge is -2.20. The van der Waals surface area contributed by atoms with Crippen LogP contribution in [-0.2, 0) is 4.79 Å². The molecule has 0 saturated carbocycles. The van der Waals surface area contributed by atoms with E-state index in [0.717, 1.165) is 37.3 Å². The molecule has 0 bridgehead atoms. The smallest absolute Gasteiger partial charge is 0.326 e. The first-order valence-electron chi connectivity index (χ1n) is 9.22. The number of nitrogens with one attached hydrogen (secondary N) is 1. The zero-order chi connectivity index (χ0) is 17.9. The molecule has 1 saturated heterocycles. The van der Waals surface area contributed by atoms with Gasteiger partial charge in [-0.2, -0.15) is 0 Å². The van der Waals surface area contributed by atoms with Gasteiger partial charge in [0, 0.05) is 43.3 Å². The molecule has 0 aliphatic carbocycles. The predicted octanol–water partition coefficient (Wildman–Crippen LogP) is 3.83. The lowest BCUT2D eigenvalue weighted by Crippen LogP contribution is -2.34. The summed E-state index contributed by atoms with van der Waals surface area (Å²) in [7, 11) is 0. The zero-order valence-electron chi connectivity index (χ0n) is 14.7. The van der Waals surface area contributed by atoms with Crippen LogP contribution in [0.25, 0.3) is 0 Å². The van der Waals surface area contributed by atoms with Gasteiger partial charge in [-0.3, -0.25) is 9.69 Å². The molecule has 1 fully saturated rings. The third-order valence-corrected chi connectivity index (χ3v) is 5.26. The Hall–Kier alpha value is -2.82. The van der Waals surface area contributed by atoms with Crippen LogP contribution in [0.5, 0.6) is 0 Å². The zero-order valence-corrected chi connectivity index (χ0v) is 14.7. The van der Waals surface area contributed by atoms with Crippen molar-refractivity contribution in [3.8, 4) is 0 Å². The van der Waals surface area contributed by atoms with E-state index in [0.29, 0.717) is 13.0 Å². The second-order valence-electron chi connectivity index (χ2n) is 6.94. The monoisotopic (exact) mass is 349 g/mol. The van der Waals surface area contributed by atoms with Crippen LogP contribution in [0, 0.1) is 0 Å². The van der Waals surface area contributed by atoms with Gasteiger partial charge in [-0.05, 0) is 36.6 Å². The number of benzene rings is 2. The molecule has 2 heterocycles. The average Bonchev–Trinajstić information content (AvgIpc) is 3.24. The highest BCUT2D eigenvalue weighted by atomic mass is 16.2. The molecule has 5 nitrogen and oxygen atoms in total. The number of para-hydroxylation sites is 2. The molecule has 2 aliphatic heterocycles. The number of hydrogen-bond acceptors (Lipinski definition) is 2. The number of fused-ring (bicyclic) bond motifs is 1. The van der Waals surface area contributed by atoms with Gasteiger partial charge >= 0.3 is 6.03 Å². The fraction of sp³-hybridized carbons (Fsp3) is 0.333. The van der Waals surface area contributed by atoms with Gasteiger partial charge in [-0.1, -0.05) is 36.4 Å². The van der Waals surface area contributed by atoms with Gasteiger partial charge < -0.3 is 10.2 Å². The van der Waals surface area contributed by atoms with Crippen molar-refractivity contribution in [3.05, 3.63) is 60.2 Å². The number of hydrogen-bond donors (Lipinski definition) is 1. The van der Waals surface area contributed by atoms with E-state index in [2.05, 4.69) is 11.4 Å². The summed E-state index contributed by atoms with van der Waals surface area (Å²) < 4.78 is 0. The van der Waals surface area contributed by atoms with Crippen LogP contribution < -0.4 is 10.2 Å². The molecular formula is C21H23N3O2. The van der Waals surface area contributed by atoms with Gasteiger partial charge in [0.1, 0.15) is 0 Å². The second kappa shape index (κ2) is 7.20. The molecular weight excluding hydrogens is 326 g/mol. The van der Waals surface area contributed by atoms with Crippen LogP contribution in [-0.4, -0.2) is 36.5 Å². The Morgan fingerprint density at radius 3 is 2.62 bits per heavy atom. The van der Waals surface area contributed by atoms with Gasteiger partial charge in [0.25, 0.3) is 0 Å². The van der Waals surface area contributed by atoms with Gasteiger partial charge in [0.2, 0.25) is 5.91 Å². The van der Waals surface area contributed by atoms with Crippen LogP contribution in [0.4, 0.5) is 16.2 Å². The molecule has 2 aromatic rings. The summed E-state index contributed by atoms with van der Waals surface area (Å²) in [5.41, 5.74) is 2.96. The molecule has 0 radical (unpaired) electrons. The maximum atomic E-state index is 12.8. The van der Waals surface area contributed by atoms with Crippen LogP contribution in [0.3, 0.4) is 0 Å². The van der Waals surface area contributed by atoms with E-state index >= 15 is 0 Å². The normalized spacial score (nSPS) is 18.9. The van der Waals surface area contributed by atoms with E-state index in [1.54, 1.807) is 0 Å². The summed E-state index contributed by atoms with van der Waals surface area (Å²) >= 11 is 0. The summed E-state index contributed by atoms with van der Waals surface area (Å²) in [4.78, 5) is 28.4. The van der Waals surface area contributed by atoms with Gasteiger partial charge in [0.05, 0.1) is 0 Å². The number of carbonyl (C=O) groups is 2. The quantitative estimate of drug-likeness (QED) is 0.912. The number of urea groups is 1. The van der Waals surface area contributed by atoms with Crippen LogP contribution in [0.1, 0.15) is 30.7 Å². The van der Waals surface area contributed by atoms with Crippen molar-refractivity contribution in [3.63, 3.8) is 0 Å². The summed E-state index contributed by atoms with van der Waals surface area (Å²) in [6.45, 7) is 2.29. The minimum atomic E-state index is -0.108. The molecule has 2 aliphatic rings. The van der Waals surface area contributed by atoms with Crippen molar-refractivity contribution in [2.75, 3.05) is 29.9 Å². The molecule has 3 amide bonds. The molecule has 2 aromatic carbocycles. The highest BCUT2D eigenvalue weighted by Gasteiger charge is 2.33. The molecule has 1 N–H and O–H groups in total.